The van der Waals surface area contributed by atoms with Gasteiger partial charge in [0.2, 0.25) is 0 Å². The number of carboxylic acid groups (broad SMARTS) is 1. The van der Waals surface area contributed by atoms with Gasteiger partial charge < -0.3 is 10.4 Å². The van der Waals surface area contributed by atoms with E-state index in [1.807, 2.05) is 6.07 Å². The minimum absolute atomic E-state index is 0.0445. The van der Waals surface area contributed by atoms with Crippen LogP contribution in [-0.4, -0.2) is 11.1 Å². The molecule has 0 atom stereocenters. The van der Waals surface area contributed by atoms with Crippen LogP contribution in [0, 0.1) is 5.82 Å². The fourth-order valence-corrected chi connectivity index (χ4v) is 1.91. The third kappa shape index (κ3) is 2.51. The summed E-state index contributed by atoms with van der Waals surface area (Å²) < 4.78 is 14.4. The molecule has 0 aliphatic rings. The standard InChI is InChI=1S/C13H9BrFNO2/c14-9-5-1-2-7-11(9)16-12-8(13(17)18)4-3-6-10(12)15/h1-7,16H,(H,17,18). The minimum Gasteiger partial charge on any atom is -0.478 e. The normalized spacial score (nSPS) is 10.1. The molecule has 0 aromatic heterocycles. The maximum Gasteiger partial charge on any atom is 0.337 e. The molecular formula is C13H9BrFNO2. The van der Waals surface area contributed by atoms with E-state index in [-0.39, 0.29) is 11.3 Å². The van der Waals surface area contributed by atoms with E-state index in [0.717, 1.165) is 4.47 Å². The molecule has 0 aliphatic carbocycles. The molecule has 0 spiro atoms. The lowest BCUT2D eigenvalue weighted by molar-refractivity contribution is 0.0697. The van der Waals surface area contributed by atoms with E-state index in [4.69, 9.17) is 5.11 Å². The molecule has 5 heteroatoms. The lowest BCUT2D eigenvalue weighted by Crippen LogP contribution is -2.05. The molecule has 18 heavy (non-hydrogen) atoms. The van der Waals surface area contributed by atoms with Crippen LogP contribution < -0.4 is 5.32 Å². The van der Waals surface area contributed by atoms with Gasteiger partial charge in [-0.15, -0.1) is 0 Å². The van der Waals surface area contributed by atoms with Gasteiger partial charge in [0, 0.05) is 4.47 Å². The maximum absolute atomic E-state index is 13.7. The lowest BCUT2D eigenvalue weighted by Gasteiger charge is -2.11. The van der Waals surface area contributed by atoms with Crippen LogP contribution in [0.5, 0.6) is 0 Å². The van der Waals surface area contributed by atoms with E-state index in [1.54, 1.807) is 18.2 Å². The monoisotopic (exact) mass is 309 g/mol. The summed E-state index contributed by atoms with van der Waals surface area (Å²) in [4.78, 5) is 11.0. The summed E-state index contributed by atoms with van der Waals surface area (Å²) in [5.74, 6) is -1.78. The topological polar surface area (TPSA) is 49.3 Å². The van der Waals surface area contributed by atoms with Crippen LogP contribution in [0.25, 0.3) is 0 Å². The molecule has 2 aromatic carbocycles. The molecule has 0 unspecified atom stereocenters. The molecule has 0 saturated carbocycles. The number of para-hydroxylation sites is 2. The van der Waals surface area contributed by atoms with Crippen molar-refractivity contribution >= 4 is 33.3 Å². The van der Waals surface area contributed by atoms with Crippen molar-refractivity contribution in [3.05, 3.63) is 58.3 Å². The van der Waals surface area contributed by atoms with Crippen molar-refractivity contribution in [3.8, 4) is 0 Å². The highest BCUT2D eigenvalue weighted by molar-refractivity contribution is 9.10. The van der Waals surface area contributed by atoms with Crippen LogP contribution in [-0.2, 0) is 0 Å². The second kappa shape index (κ2) is 5.18. The molecule has 0 bridgehead atoms. The molecular weight excluding hydrogens is 301 g/mol. The average Bonchev–Trinajstić information content (AvgIpc) is 2.34. The minimum atomic E-state index is -1.18. The van der Waals surface area contributed by atoms with Crippen LogP contribution in [0.4, 0.5) is 15.8 Å². The van der Waals surface area contributed by atoms with E-state index in [9.17, 15) is 9.18 Å². The predicted octanol–water partition coefficient (Wildman–Crippen LogP) is 4.03. The van der Waals surface area contributed by atoms with Gasteiger partial charge >= 0.3 is 5.97 Å². The highest BCUT2D eigenvalue weighted by Crippen LogP contribution is 2.29. The Balaban J connectivity index is 2.46. The lowest BCUT2D eigenvalue weighted by atomic mass is 10.1. The summed E-state index contributed by atoms with van der Waals surface area (Å²) in [6.07, 6.45) is 0. The molecule has 92 valence electrons. The fraction of sp³-hybridized carbons (Fsp3) is 0. The van der Waals surface area contributed by atoms with E-state index < -0.39 is 11.8 Å². The Kier molecular flexibility index (Phi) is 3.62. The van der Waals surface area contributed by atoms with Crippen molar-refractivity contribution in [2.75, 3.05) is 5.32 Å². The van der Waals surface area contributed by atoms with Gasteiger partial charge in [-0.3, -0.25) is 0 Å². The second-order valence-corrected chi connectivity index (χ2v) is 4.43. The number of benzene rings is 2. The molecule has 0 heterocycles. The van der Waals surface area contributed by atoms with Gasteiger partial charge in [0.05, 0.1) is 16.9 Å². The fourth-order valence-electron chi connectivity index (χ4n) is 1.53. The van der Waals surface area contributed by atoms with Crippen molar-refractivity contribution in [1.29, 1.82) is 0 Å². The van der Waals surface area contributed by atoms with Crippen molar-refractivity contribution in [2.45, 2.75) is 0 Å². The van der Waals surface area contributed by atoms with Crippen LogP contribution in [0.1, 0.15) is 10.4 Å². The summed E-state index contributed by atoms with van der Waals surface area (Å²) >= 11 is 3.31. The number of carbonyl (C=O) groups is 1. The zero-order valence-electron chi connectivity index (χ0n) is 9.15. The molecule has 0 amide bonds. The summed E-state index contributed by atoms with van der Waals surface area (Å²) in [7, 11) is 0. The zero-order chi connectivity index (χ0) is 13.1. The van der Waals surface area contributed by atoms with Crippen LogP contribution >= 0.6 is 15.9 Å². The first-order valence-electron chi connectivity index (χ1n) is 5.13. The Hall–Kier alpha value is -1.88. The number of aromatic carboxylic acids is 1. The first-order valence-corrected chi connectivity index (χ1v) is 5.92. The Labute approximate surface area is 111 Å². The predicted molar refractivity (Wildman–Crippen MR) is 70.8 cm³/mol. The third-order valence-corrected chi connectivity index (χ3v) is 3.07. The largest absolute Gasteiger partial charge is 0.478 e. The van der Waals surface area contributed by atoms with Gasteiger partial charge in [0.1, 0.15) is 5.82 Å². The Morgan fingerprint density at radius 3 is 2.56 bits per heavy atom. The molecule has 2 N–H and O–H groups in total. The highest BCUT2D eigenvalue weighted by Gasteiger charge is 2.14. The summed E-state index contributed by atoms with van der Waals surface area (Å²) in [6.45, 7) is 0. The SMILES string of the molecule is O=C(O)c1cccc(F)c1Nc1ccccc1Br. The number of hydrogen-bond donors (Lipinski definition) is 2. The van der Waals surface area contributed by atoms with Crippen molar-refractivity contribution in [2.24, 2.45) is 0 Å². The van der Waals surface area contributed by atoms with Gasteiger partial charge in [0.15, 0.2) is 0 Å². The van der Waals surface area contributed by atoms with E-state index in [2.05, 4.69) is 21.2 Å². The Bertz CT molecular complexity index is 601. The average molecular weight is 310 g/mol. The number of halogens is 2. The number of rotatable bonds is 3. The molecule has 0 radical (unpaired) electrons. The number of hydrogen-bond acceptors (Lipinski definition) is 2. The Morgan fingerprint density at radius 2 is 1.89 bits per heavy atom. The van der Waals surface area contributed by atoms with E-state index in [1.165, 1.54) is 18.2 Å². The molecule has 0 fully saturated rings. The number of carboxylic acids is 1. The summed E-state index contributed by atoms with van der Waals surface area (Å²) in [5, 5.41) is 11.8. The van der Waals surface area contributed by atoms with Gasteiger partial charge in [-0.05, 0) is 40.2 Å². The first-order chi connectivity index (χ1) is 8.59. The van der Waals surface area contributed by atoms with Crippen molar-refractivity contribution in [1.82, 2.24) is 0 Å². The molecule has 3 nitrogen and oxygen atoms in total. The van der Waals surface area contributed by atoms with Gasteiger partial charge in [-0.1, -0.05) is 18.2 Å². The second-order valence-electron chi connectivity index (χ2n) is 3.57. The maximum atomic E-state index is 13.7. The van der Waals surface area contributed by atoms with Crippen molar-refractivity contribution in [3.63, 3.8) is 0 Å². The van der Waals surface area contributed by atoms with Gasteiger partial charge in [0.25, 0.3) is 0 Å². The first kappa shape index (κ1) is 12.6. The number of nitrogens with one attached hydrogen (secondary N) is 1. The number of anilines is 2. The van der Waals surface area contributed by atoms with E-state index >= 15 is 0 Å². The Morgan fingerprint density at radius 1 is 1.17 bits per heavy atom. The zero-order valence-corrected chi connectivity index (χ0v) is 10.7. The summed E-state index contributed by atoms with van der Waals surface area (Å²) in [6, 6.07) is 11.0. The van der Waals surface area contributed by atoms with E-state index in [0.29, 0.717) is 5.69 Å². The third-order valence-electron chi connectivity index (χ3n) is 2.38. The molecule has 2 rings (SSSR count). The van der Waals surface area contributed by atoms with Crippen LogP contribution in [0.15, 0.2) is 46.9 Å². The summed E-state index contributed by atoms with van der Waals surface area (Å²) in [5.41, 5.74) is 0.452. The van der Waals surface area contributed by atoms with Crippen LogP contribution in [0.3, 0.4) is 0 Å². The quantitative estimate of drug-likeness (QED) is 0.900. The van der Waals surface area contributed by atoms with Gasteiger partial charge in [-0.25, -0.2) is 9.18 Å². The van der Waals surface area contributed by atoms with Gasteiger partial charge in [-0.2, -0.15) is 0 Å². The van der Waals surface area contributed by atoms with Crippen LogP contribution in [0.2, 0.25) is 0 Å². The molecule has 0 saturated heterocycles. The van der Waals surface area contributed by atoms with Crippen molar-refractivity contribution < 1.29 is 14.3 Å². The smallest absolute Gasteiger partial charge is 0.337 e. The molecule has 2 aromatic rings. The molecule has 0 aliphatic heterocycles. The highest BCUT2D eigenvalue weighted by atomic mass is 79.9.